The predicted octanol–water partition coefficient (Wildman–Crippen LogP) is 2.34. The number of hydrogen-bond acceptors (Lipinski definition) is 6. The van der Waals surface area contributed by atoms with E-state index in [9.17, 15) is 9.59 Å². The van der Waals surface area contributed by atoms with E-state index in [2.05, 4.69) is 22.0 Å². The summed E-state index contributed by atoms with van der Waals surface area (Å²) in [6, 6.07) is 0.423. The van der Waals surface area contributed by atoms with Gasteiger partial charge in [-0.25, -0.2) is 9.78 Å². The molecule has 1 N–H and O–H groups in total. The van der Waals surface area contributed by atoms with Crippen molar-refractivity contribution < 1.29 is 14.3 Å². The summed E-state index contributed by atoms with van der Waals surface area (Å²) in [5, 5.41) is 3.89. The Morgan fingerprint density at radius 2 is 2.28 bits per heavy atom. The number of nitrogens with zero attached hydrogens (tertiary/aromatic N) is 1. The molecule has 1 aromatic heterocycles. The van der Waals surface area contributed by atoms with Crippen molar-refractivity contribution in [2.75, 3.05) is 12.4 Å². The van der Waals surface area contributed by atoms with Gasteiger partial charge in [-0.1, -0.05) is 24.7 Å². The summed E-state index contributed by atoms with van der Waals surface area (Å²) >= 11 is 1.22. The van der Waals surface area contributed by atoms with Crippen molar-refractivity contribution in [3.05, 3.63) is 10.6 Å². The predicted molar refractivity (Wildman–Crippen MR) is 69.3 cm³/mol. The Hall–Kier alpha value is -1.43. The van der Waals surface area contributed by atoms with Crippen LogP contribution in [0.3, 0.4) is 0 Å². The number of ether oxygens (including phenoxy) is 1. The van der Waals surface area contributed by atoms with Gasteiger partial charge in [-0.3, -0.25) is 4.79 Å². The molecular weight excluding hydrogens is 252 g/mol. The Morgan fingerprint density at radius 1 is 1.56 bits per heavy atom. The molecule has 0 saturated heterocycles. The molecule has 0 aromatic carbocycles. The summed E-state index contributed by atoms with van der Waals surface area (Å²) in [5.74, 6) is -0.0487. The van der Waals surface area contributed by atoms with Gasteiger partial charge in [0.25, 0.3) is 0 Å². The smallest absolute Gasteiger partial charge is 0.358 e. The maximum atomic E-state index is 11.5. The van der Waals surface area contributed by atoms with Gasteiger partial charge in [-0.15, -0.1) is 0 Å². The Labute approximate surface area is 110 Å². The Morgan fingerprint density at radius 3 is 2.78 bits per heavy atom. The molecule has 2 unspecified atom stereocenters. The number of Topliss-reactive ketones (excluding diaryl/α,β-unsaturated/α-hetero) is 1. The van der Waals surface area contributed by atoms with Crippen molar-refractivity contribution >= 4 is 28.2 Å². The number of methoxy groups -OCH3 is 1. The van der Waals surface area contributed by atoms with E-state index in [0.29, 0.717) is 22.0 Å². The molecule has 98 valence electrons. The fourth-order valence-corrected chi connectivity index (χ4v) is 2.80. The first kappa shape index (κ1) is 13.0. The SMILES string of the molecule is CCC1CC1Nc1nc(C(=O)OC)c(C(C)=O)s1. The molecular formula is C12H16N2O3S. The van der Waals surface area contributed by atoms with E-state index in [1.54, 1.807) is 0 Å². The second kappa shape index (κ2) is 5.06. The molecule has 0 aliphatic heterocycles. The van der Waals surface area contributed by atoms with Crippen LogP contribution in [0, 0.1) is 5.92 Å². The topological polar surface area (TPSA) is 68.3 Å². The van der Waals surface area contributed by atoms with Crippen molar-refractivity contribution in [3.8, 4) is 0 Å². The third-order valence-corrected chi connectivity index (χ3v) is 4.17. The molecule has 2 atom stereocenters. The minimum atomic E-state index is -0.563. The summed E-state index contributed by atoms with van der Waals surface area (Å²) in [6.45, 7) is 3.57. The highest BCUT2D eigenvalue weighted by molar-refractivity contribution is 7.17. The number of esters is 1. The second-order valence-electron chi connectivity index (χ2n) is 4.40. The minimum Gasteiger partial charge on any atom is -0.464 e. The normalized spacial score (nSPS) is 21.5. The Bertz CT molecular complexity index is 484. The zero-order valence-electron chi connectivity index (χ0n) is 10.6. The van der Waals surface area contributed by atoms with E-state index in [0.717, 1.165) is 12.8 Å². The highest BCUT2D eigenvalue weighted by atomic mass is 32.1. The standard InChI is InChI=1S/C12H16N2O3S/c1-4-7-5-8(7)13-12-14-9(11(16)17-3)10(18-12)6(2)15/h7-8H,4-5H2,1-3H3,(H,13,14). The van der Waals surface area contributed by atoms with Crippen LogP contribution in [0.15, 0.2) is 0 Å². The number of hydrogen-bond donors (Lipinski definition) is 1. The summed E-state index contributed by atoms with van der Waals surface area (Å²) in [7, 11) is 1.28. The number of carbonyl (C=O) groups is 2. The molecule has 0 bridgehead atoms. The van der Waals surface area contributed by atoms with Crippen molar-refractivity contribution in [3.63, 3.8) is 0 Å². The van der Waals surface area contributed by atoms with Crippen LogP contribution in [-0.4, -0.2) is 29.9 Å². The van der Waals surface area contributed by atoms with E-state index >= 15 is 0 Å². The van der Waals surface area contributed by atoms with E-state index < -0.39 is 5.97 Å². The van der Waals surface area contributed by atoms with Crippen LogP contribution >= 0.6 is 11.3 Å². The van der Waals surface area contributed by atoms with E-state index in [4.69, 9.17) is 0 Å². The number of nitrogens with one attached hydrogen (secondary N) is 1. The van der Waals surface area contributed by atoms with Crippen molar-refractivity contribution in [1.82, 2.24) is 4.98 Å². The molecule has 0 spiro atoms. The molecule has 18 heavy (non-hydrogen) atoms. The van der Waals surface area contributed by atoms with E-state index in [1.807, 2.05) is 0 Å². The number of carbonyl (C=O) groups excluding carboxylic acids is 2. The van der Waals surface area contributed by atoms with Gasteiger partial charge < -0.3 is 10.1 Å². The zero-order valence-corrected chi connectivity index (χ0v) is 11.5. The van der Waals surface area contributed by atoms with Crippen LogP contribution in [-0.2, 0) is 4.74 Å². The first-order valence-corrected chi connectivity index (χ1v) is 6.75. The maximum Gasteiger partial charge on any atom is 0.358 e. The molecule has 1 aliphatic carbocycles. The average molecular weight is 268 g/mol. The first-order valence-electron chi connectivity index (χ1n) is 5.93. The highest BCUT2D eigenvalue weighted by Gasteiger charge is 2.36. The molecule has 1 aromatic rings. The van der Waals surface area contributed by atoms with Crippen LogP contribution in [0.2, 0.25) is 0 Å². The van der Waals surface area contributed by atoms with Crippen LogP contribution in [0.4, 0.5) is 5.13 Å². The maximum absolute atomic E-state index is 11.5. The molecule has 5 nitrogen and oxygen atoms in total. The molecule has 0 amide bonds. The summed E-state index contributed by atoms with van der Waals surface area (Å²) < 4.78 is 4.63. The van der Waals surface area contributed by atoms with Gasteiger partial charge in [0, 0.05) is 13.0 Å². The van der Waals surface area contributed by atoms with Crippen LogP contribution in [0.1, 0.15) is 46.8 Å². The van der Waals surface area contributed by atoms with Crippen LogP contribution in [0.5, 0.6) is 0 Å². The number of aromatic nitrogens is 1. The van der Waals surface area contributed by atoms with Gasteiger partial charge in [0.05, 0.1) is 7.11 Å². The number of thiazole rings is 1. The number of rotatable bonds is 5. The van der Waals surface area contributed by atoms with Crippen molar-refractivity contribution in [2.45, 2.75) is 32.7 Å². The molecule has 2 rings (SSSR count). The van der Waals surface area contributed by atoms with Crippen LogP contribution in [0.25, 0.3) is 0 Å². The Balaban J connectivity index is 2.17. The van der Waals surface area contributed by atoms with Gasteiger partial charge in [0.15, 0.2) is 16.6 Å². The van der Waals surface area contributed by atoms with Gasteiger partial charge in [0.1, 0.15) is 4.88 Å². The van der Waals surface area contributed by atoms with Crippen molar-refractivity contribution in [1.29, 1.82) is 0 Å². The second-order valence-corrected chi connectivity index (χ2v) is 5.40. The lowest BCUT2D eigenvalue weighted by atomic mass is 10.3. The lowest BCUT2D eigenvalue weighted by molar-refractivity contribution is 0.0591. The lowest BCUT2D eigenvalue weighted by Crippen LogP contribution is -2.08. The summed E-state index contributed by atoms with van der Waals surface area (Å²) in [6.07, 6.45) is 2.26. The highest BCUT2D eigenvalue weighted by Crippen LogP contribution is 2.37. The third-order valence-electron chi connectivity index (χ3n) is 3.08. The fraction of sp³-hybridized carbons (Fsp3) is 0.583. The minimum absolute atomic E-state index is 0.117. The quantitative estimate of drug-likeness (QED) is 0.655. The van der Waals surface area contributed by atoms with Gasteiger partial charge in [0.2, 0.25) is 0 Å². The number of ketones is 1. The molecule has 0 radical (unpaired) electrons. The largest absolute Gasteiger partial charge is 0.464 e. The average Bonchev–Trinajstić information content (AvgIpc) is 2.95. The molecule has 1 heterocycles. The van der Waals surface area contributed by atoms with Gasteiger partial charge in [-0.05, 0) is 12.3 Å². The summed E-state index contributed by atoms with van der Waals surface area (Å²) in [4.78, 5) is 27.5. The summed E-state index contributed by atoms with van der Waals surface area (Å²) in [5.41, 5.74) is 0.117. The monoisotopic (exact) mass is 268 g/mol. The fourth-order valence-electron chi connectivity index (χ4n) is 1.89. The Kier molecular flexibility index (Phi) is 3.65. The third kappa shape index (κ3) is 2.53. The van der Waals surface area contributed by atoms with Crippen molar-refractivity contribution in [2.24, 2.45) is 5.92 Å². The zero-order chi connectivity index (χ0) is 13.3. The molecule has 1 fully saturated rings. The van der Waals surface area contributed by atoms with E-state index in [-0.39, 0.29) is 11.5 Å². The van der Waals surface area contributed by atoms with Crippen LogP contribution < -0.4 is 5.32 Å². The molecule has 1 aliphatic rings. The van der Waals surface area contributed by atoms with Gasteiger partial charge >= 0.3 is 5.97 Å². The molecule has 1 saturated carbocycles. The van der Waals surface area contributed by atoms with Gasteiger partial charge in [-0.2, -0.15) is 0 Å². The molecule has 6 heteroatoms. The lowest BCUT2D eigenvalue weighted by Gasteiger charge is -1.98. The number of anilines is 1. The first-order chi connectivity index (χ1) is 8.56. The van der Waals surface area contributed by atoms with E-state index in [1.165, 1.54) is 25.4 Å².